The van der Waals surface area contributed by atoms with Crippen LogP contribution < -0.4 is 4.90 Å². The monoisotopic (exact) mass is 277 g/mol. The molecule has 0 amide bonds. The van der Waals surface area contributed by atoms with Gasteiger partial charge in [0.05, 0.1) is 0 Å². The van der Waals surface area contributed by atoms with E-state index in [0.717, 1.165) is 5.56 Å². The largest absolute Gasteiger partial charge is 0.477 e. The summed E-state index contributed by atoms with van der Waals surface area (Å²) in [5, 5.41) is 9.71. The molecule has 19 heavy (non-hydrogen) atoms. The molecule has 0 aliphatic carbocycles. The lowest BCUT2D eigenvalue weighted by Gasteiger charge is -2.14. The number of nitrogens with zero attached hydrogens (tertiary/aromatic N) is 3. The summed E-state index contributed by atoms with van der Waals surface area (Å²) in [5.41, 5.74) is 0.854. The van der Waals surface area contributed by atoms with Crippen LogP contribution in [0.1, 0.15) is 10.4 Å². The summed E-state index contributed by atoms with van der Waals surface area (Å²) in [6.45, 7) is 0. The number of hydrogen-bond acceptors (Lipinski definition) is 4. The molecular formula is C13H12ClN3O2. The first-order valence-electron chi connectivity index (χ1n) is 5.52. The van der Waals surface area contributed by atoms with Crippen molar-refractivity contribution in [3.05, 3.63) is 41.0 Å². The average Bonchev–Trinajstić information content (AvgIpc) is 2.38. The Kier molecular flexibility index (Phi) is 3.66. The Balaban J connectivity index is 2.52. The van der Waals surface area contributed by atoms with Gasteiger partial charge in [-0.2, -0.15) is 0 Å². The fraction of sp³-hybridized carbons (Fsp3) is 0.154. The van der Waals surface area contributed by atoms with Crippen LogP contribution in [0.25, 0.3) is 11.4 Å². The Morgan fingerprint density at radius 3 is 2.42 bits per heavy atom. The molecule has 98 valence electrons. The minimum Gasteiger partial charge on any atom is -0.477 e. The van der Waals surface area contributed by atoms with Crippen LogP contribution in [-0.4, -0.2) is 35.1 Å². The van der Waals surface area contributed by atoms with Crippen molar-refractivity contribution in [1.82, 2.24) is 9.97 Å². The first-order chi connectivity index (χ1) is 8.99. The van der Waals surface area contributed by atoms with Gasteiger partial charge in [0.1, 0.15) is 11.4 Å². The summed E-state index contributed by atoms with van der Waals surface area (Å²) in [5.74, 6) is -0.218. The molecule has 1 aromatic heterocycles. The van der Waals surface area contributed by atoms with E-state index in [1.165, 1.54) is 6.20 Å². The molecule has 0 unspecified atom stereocenters. The van der Waals surface area contributed by atoms with E-state index in [4.69, 9.17) is 16.7 Å². The first-order valence-corrected chi connectivity index (χ1v) is 5.90. The molecule has 0 aliphatic heterocycles. The van der Waals surface area contributed by atoms with Crippen LogP contribution in [0.5, 0.6) is 0 Å². The van der Waals surface area contributed by atoms with Gasteiger partial charge < -0.3 is 10.0 Å². The number of hydrogen-bond donors (Lipinski definition) is 1. The van der Waals surface area contributed by atoms with Crippen LogP contribution in [0.2, 0.25) is 5.02 Å². The lowest BCUT2D eigenvalue weighted by Crippen LogP contribution is -2.16. The van der Waals surface area contributed by atoms with Crippen molar-refractivity contribution in [3.8, 4) is 11.4 Å². The van der Waals surface area contributed by atoms with Crippen molar-refractivity contribution in [2.45, 2.75) is 0 Å². The summed E-state index contributed by atoms with van der Waals surface area (Å²) in [6.07, 6.45) is 1.31. The van der Waals surface area contributed by atoms with Crippen molar-refractivity contribution in [2.24, 2.45) is 0 Å². The number of rotatable bonds is 3. The second-order valence-corrected chi connectivity index (χ2v) is 4.57. The van der Waals surface area contributed by atoms with E-state index in [2.05, 4.69) is 9.97 Å². The smallest absolute Gasteiger partial charge is 0.341 e. The number of benzene rings is 1. The lowest BCUT2D eigenvalue weighted by atomic mass is 10.2. The van der Waals surface area contributed by atoms with E-state index in [-0.39, 0.29) is 5.56 Å². The molecule has 6 heteroatoms. The summed E-state index contributed by atoms with van der Waals surface area (Å²) in [7, 11) is 3.47. The van der Waals surface area contributed by atoms with Crippen molar-refractivity contribution in [3.63, 3.8) is 0 Å². The highest BCUT2D eigenvalue weighted by molar-refractivity contribution is 6.30. The van der Waals surface area contributed by atoms with Gasteiger partial charge in [-0.15, -0.1) is 0 Å². The fourth-order valence-corrected chi connectivity index (χ4v) is 1.73. The molecule has 0 bridgehead atoms. The Morgan fingerprint density at radius 2 is 1.89 bits per heavy atom. The molecule has 1 heterocycles. The van der Waals surface area contributed by atoms with E-state index >= 15 is 0 Å². The third-order valence-electron chi connectivity index (χ3n) is 2.53. The van der Waals surface area contributed by atoms with Crippen molar-refractivity contribution < 1.29 is 9.90 Å². The van der Waals surface area contributed by atoms with Gasteiger partial charge in [0.25, 0.3) is 0 Å². The van der Waals surface area contributed by atoms with Gasteiger partial charge in [0, 0.05) is 30.9 Å². The lowest BCUT2D eigenvalue weighted by molar-refractivity contribution is 0.0697. The number of anilines is 1. The third-order valence-corrected chi connectivity index (χ3v) is 2.78. The van der Waals surface area contributed by atoms with Gasteiger partial charge in [0.2, 0.25) is 0 Å². The van der Waals surface area contributed by atoms with Gasteiger partial charge >= 0.3 is 5.97 Å². The minimum atomic E-state index is -1.05. The highest BCUT2D eigenvalue weighted by atomic mass is 35.5. The van der Waals surface area contributed by atoms with Crippen LogP contribution >= 0.6 is 11.6 Å². The molecule has 0 spiro atoms. The number of aromatic carboxylic acids is 1. The van der Waals surface area contributed by atoms with Crippen LogP contribution in [0, 0.1) is 0 Å². The van der Waals surface area contributed by atoms with E-state index in [1.54, 1.807) is 43.3 Å². The molecule has 0 fully saturated rings. The maximum absolute atomic E-state index is 11.1. The summed E-state index contributed by atoms with van der Waals surface area (Å²) in [6, 6.07) is 7.05. The molecule has 0 aliphatic rings. The molecule has 1 aromatic carbocycles. The van der Waals surface area contributed by atoms with E-state index in [9.17, 15) is 4.79 Å². The van der Waals surface area contributed by atoms with Crippen LogP contribution in [0.4, 0.5) is 5.82 Å². The number of carboxylic acid groups (broad SMARTS) is 1. The minimum absolute atomic E-state index is 0.0720. The zero-order valence-corrected chi connectivity index (χ0v) is 11.2. The molecule has 0 saturated carbocycles. The maximum Gasteiger partial charge on any atom is 0.341 e. The van der Waals surface area contributed by atoms with Crippen molar-refractivity contribution >= 4 is 23.4 Å². The summed E-state index contributed by atoms with van der Waals surface area (Å²) in [4.78, 5) is 21.1. The van der Waals surface area contributed by atoms with Gasteiger partial charge in [-0.1, -0.05) is 11.6 Å². The van der Waals surface area contributed by atoms with E-state index in [1.807, 2.05) is 0 Å². The third kappa shape index (κ3) is 2.82. The topological polar surface area (TPSA) is 66.3 Å². The first kappa shape index (κ1) is 13.3. The quantitative estimate of drug-likeness (QED) is 0.934. The highest BCUT2D eigenvalue weighted by Crippen LogP contribution is 2.22. The van der Waals surface area contributed by atoms with Crippen LogP contribution in [0.15, 0.2) is 30.5 Å². The number of aromatic nitrogens is 2. The van der Waals surface area contributed by atoms with Crippen molar-refractivity contribution in [2.75, 3.05) is 19.0 Å². The Labute approximate surface area is 115 Å². The maximum atomic E-state index is 11.1. The number of carbonyl (C=O) groups is 1. The summed E-state index contributed by atoms with van der Waals surface area (Å²) >= 11 is 5.82. The predicted molar refractivity (Wildman–Crippen MR) is 73.8 cm³/mol. The number of halogens is 1. The van der Waals surface area contributed by atoms with Gasteiger partial charge in [-0.3, -0.25) is 0 Å². The predicted octanol–water partition coefficient (Wildman–Crippen LogP) is 2.56. The molecule has 1 N–H and O–H groups in total. The van der Waals surface area contributed by atoms with E-state index < -0.39 is 5.97 Å². The van der Waals surface area contributed by atoms with Crippen LogP contribution in [0.3, 0.4) is 0 Å². The fourth-order valence-electron chi connectivity index (χ4n) is 1.60. The molecule has 2 aromatic rings. The summed E-state index contributed by atoms with van der Waals surface area (Å²) < 4.78 is 0. The van der Waals surface area contributed by atoms with Gasteiger partial charge in [0.15, 0.2) is 5.82 Å². The molecular weight excluding hydrogens is 266 g/mol. The molecule has 5 nitrogen and oxygen atoms in total. The zero-order chi connectivity index (χ0) is 14.0. The van der Waals surface area contributed by atoms with Crippen LogP contribution in [-0.2, 0) is 0 Å². The Morgan fingerprint density at radius 1 is 1.26 bits per heavy atom. The number of carboxylic acids is 1. The molecule has 0 radical (unpaired) electrons. The SMILES string of the molecule is CN(C)c1nc(-c2ccc(Cl)cc2)ncc1C(=O)O. The average molecular weight is 278 g/mol. The second kappa shape index (κ2) is 5.24. The molecule has 2 rings (SSSR count). The second-order valence-electron chi connectivity index (χ2n) is 4.14. The van der Waals surface area contributed by atoms with E-state index in [0.29, 0.717) is 16.7 Å². The Hall–Kier alpha value is -2.14. The molecule has 0 saturated heterocycles. The standard InChI is InChI=1S/C13H12ClN3O2/c1-17(2)12-10(13(18)19)7-15-11(16-12)8-3-5-9(14)6-4-8/h3-7H,1-2H3,(H,18,19). The van der Waals surface area contributed by atoms with Gasteiger partial charge in [-0.05, 0) is 24.3 Å². The highest BCUT2D eigenvalue weighted by Gasteiger charge is 2.15. The Bertz CT molecular complexity index is 612. The zero-order valence-electron chi connectivity index (χ0n) is 10.5. The molecule has 0 atom stereocenters. The normalized spacial score (nSPS) is 10.3. The van der Waals surface area contributed by atoms with Gasteiger partial charge in [-0.25, -0.2) is 14.8 Å². The van der Waals surface area contributed by atoms with Crippen molar-refractivity contribution in [1.29, 1.82) is 0 Å².